The monoisotopic (exact) mass is 328 g/mol. The Bertz CT molecular complexity index is 640. The van der Waals surface area contributed by atoms with Crippen molar-refractivity contribution in [3.63, 3.8) is 0 Å². The molecule has 0 fully saturated rings. The summed E-state index contributed by atoms with van der Waals surface area (Å²) in [5.41, 5.74) is 8.27. The predicted octanol–water partition coefficient (Wildman–Crippen LogP) is 0.579. The highest BCUT2D eigenvalue weighted by Crippen LogP contribution is 2.18. The number of amides is 1. The number of carbonyl (C=O) groups excluding carboxylic acids is 1. The Morgan fingerprint density at radius 1 is 1.46 bits per heavy atom. The Morgan fingerprint density at radius 3 is 2.92 bits per heavy atom. The molecule has 1 amide bonds. The van der Waals surface area contributed by atoms with Crippen LogP contribution in [-0.4, -0.2) is 48.4 Å². The Balaban J connectivity index is 1.81. The fourth-order valence-corrected chi connectivity index (χ4v) is 2.76. The van der Waals surface area contributed by atoms with Gasteiger partial charge >= 0.3 is 0 Å². The molecule has 1 aliphatic heterocycles. The number of rotatable bonds is 7. The zero-order valence-electron chi connectivity index (χ0n) is 13.7. The van der Waals surface area contributed by atoms with Crippen LogP contribution in [0.15, 0.2) is 53.3 Å². The molecule has 0 aromatic heterocycles. The van der Waals surface area contributed by atoms with Crippen molar-refractivity contribution in [2.75, 3.05) is 19.6 Å². The Hall–Kier alpha value is -2.44. The van der Waals surface area contributed by atoms with E-state index in [0.717, 1.165) is 19.5 Å². The molecule has 4 N–H and O–H groups in total. The number of aliphatic hydroxyl groups excluding tert-OH is 1. The number of β-amino-alcohol motifs (C(OH)–C–C–N with tert-alkyl or cyclic N) is 1. The first kappa shape index (κ1) is 17.9. The average Bonchev–Trinajstić information content (AvgIpc) is 2.59. The minimum Gasteiger partial charge on any atom is -0.405 e. The summed E-state index contributed by atoms with van der Waals surface area (Å²) in [5.74, 6) is -0.341. The first-order valence-electron chi connectivity index (χ1n) is 7.93. The van der Waals surface area contributed by atoms with E-state index in [1.165, 1.54) is 29.6 Å². The lowest BCUT2D eigenvalue weighted by Crippen LogP contribution is -2.42. The van der Waals surface area contributed by atoms with Crippen LogP contribution < -0.4 is 11.1 Å². The van der Waals surface area contributed by atoms with Crippen molar-refractivity contribution in [3.8, 4) is 0 Å². The molecule has 0 bridgehead atoms. The van der Waals surface area contributed by atoms with E-state index in [2.05, 4.69) is 40.1 Å². The summed E-state index contributed by atoms with van der Waals surface area (Å²) in [6, 6.07) is 8.35. The maximum atomic E-state index is 12.0. The molecule has 1 aromatic carbocycles. The third-order valence-corrected chi connectivity index (χ3v) is 3.95. The summed E-state index contributed by atoms with van der Waals surface area (Å²) in [6.45, 7) is 5.73. The van der Waals surface area contributed by atoms with Crippen molar-refractivity contribution < 1.29 is 9.90 Å². The van der Waals surface area contributed by atoms with Gasteiger partial charge in [0.1, 0.15) is 0 Å². The fourth-order valence-electron chi connectivity index (χ4n) is 2.76. The van der Waals surface area contributed by atoms with E-state index in [1.807, 2.05) is 6.07 Å². The molecule has 0 spiro atoms. The maximum Gasteiger partial charge on any atom is 0.252 e. The second-order valence-corrected chi connectivity index (χ2v) is 5.74. The van der Waals surface area contributed by atoms with Crippen LogP contribution in [0, 0.1) is 0 Å². The van der Waals surface area contributed by atoms with E-state index >= 15 is 0 Å². The number of fused-ring (bicyclic) bond motifs is 1. The molecule has 2 rings (SSSR count). The highest BCUT2D eigenvalue weighted by atomic mass is 16.3. The molecule has 1 aromatic rings. The van der Waals surface area contributed by atoms with Crippen LogP contribution >= 0.6 is 0 Å². The Morgan fingerprint density at radius 2 is 2.21 bits per heavy atom. The number of hydrogen-bond acceptors (Lipinski definition) is 5. The van der Waals surface area contributed by atoms with Crippen LogP contribution in [0.1, 0.15) is 11.1 Å². The molecule has 6 nitrogen and oxygen atoms in total. The van der Waals surface area contributed by atoms with Crippen molar-refractivity contribution in [1.29, 1.82) is 0 Å². The van der Waals surface area contributed by atoms with Crippen LogP contribution in [0.4, 0.5) is 0 Å². The molecule has 6 heteroatoms. The Kier molecular flexibility index (Phi) is 6.72. The molecule has 0 radical (unpaired) electrons. The number of aliphatic hydroxyl groups is 1. The molecule has 1 atom stereocenters. The minimum absolute atomic E-state index is 0.171. The largest absolute Gasteiger partial charge is 0.405 e. The summed E-state index contributed by atoms with van der Waals surface area (Å²) >= 11 is 0. The van der Waals surface area contributed by atoms with E-state index < -0.39 is 6.10 Å². The summed E-state index contributed by atoms with van der Waals surface area (Å²) in [6.07, 6.45) is 4.37. The number of hydrogen-bond donors (Lipinski definition) is 3. The van der Waals surface area contributed by atoms with Crippen molar-refractivity contribution in [3.05, 3.63) is 59.4 Å². The number of aliphatic imine (C=N–C) groups is 1. The van der Waals surface area contributed by atoms with Gasteiger partial charge in [0.05, 0.1) is 11.7 Å². The van der Waals surface area contributed by atoms with E-state index in [0.29, 0.717) is 12.1 Å². The molecule has 128 valence electrons. The fraction of sp³-hybridized carbons (Fsp3) is 0.333. The first-order valence-corrected chi connectivity index (χ1v) is 7.93. The summed E-state index contributed by atoms with van der Waals surface area (Å²) < 4.78 is 0. The lowest BCUT2D eigenvalue weighted by molar-refractivity contribution is -0.117. The van der Waals surface area contributed by atoms with Crippen molar-refractivity contribution in [2.45, 2.75) is 19.1 Å². The normalized spacial score (nSPS) is 16.6. The molecule has 1 unspecified atom stereocenters. The van der Waals surface area contributed by atoms with E-state index in [4.69, 9.17) is 5.73 Å². The standard InChI is InChI=1S/C18H24N4O2/c1-20-10-15(6-8-19)18(24)21-11-17(23)13-22-9-7-14-4-2-3-5-16(14)12-22/h2-6,8,10,17,23H,1,7,9,11-13,19H2,(H,21,24)/b8-6-,15-10+. The second kappa shape index (κ2) is 9.00. The topological polar surface area (TPSA) is 90.9 Å². The molecule has 0 saturated carbocycles. The van der Waals surface area contributed by atoms with Gasteiger partial charge in [-0.2, -0.15) is 0 Å². The molecular formula is C18H24N4O2. The van der Waals surface area contributed by atoms with Crippen LogP contribution in [0.5, 0.6) is 0 Å². The van der Waals surface area contributed by atoms with Gasteiger partial charge in [-0.15, -0.1) is 0 Å². The molecule has 1 heterocycles. The zero-order valence-corrected chi connectivity index (χ0v) is 13.7. The van der Waals surface area contributed by atoms with Gasteiger partial charge in [0, 0.05) is 32.4 Å². The van der Waals surface area contributed by atoms with Crippen molar-refractivity contribution >= 4 is 12.6 Å². The average molecular weight is 328 g/mol. The van der Waals surface area contributed by atoms with Gasteiger partial charge < -0.3 is 16.2 Å². The predicted molar refractivity (Wildman–Crippen MR) is 95.4 cm³/mol. The van der Waals surface area contributed by atoms with E-state index in [9.17, 15) is 9.90 Å². The van der Waals surface area contributed by atoms with Crippen molar-refractivity contribution in [2.24, 2.45) is 10.7 Å². The molecule has 24 heavy (non-hydrogen) atoms. The minimum atomic E-state index is -0.640. The lowest BCUT2D eigenvalue weighted by Gasteiger charge is -2.30. The number of benzene rings is 1. The van der Waals surface area contributed by atoms with Crippen molar-refractivity contribution in [1.82, 2.24) is 10.2 Å². The highest BCUT2D eigenvalue weighted by molar-refractivity contribution is 5.96. The molecule has 0 aliphatic carbocycles. The third kappa shape index (κ3) is 5.04. The summed E-state index contributed by atoms with van der Waals surface area (Å²) in [4.78, 5) is 17.7. The van der Waals surface area contributed by atoms with Crippen LogP contribution in [0.25, 0.3) is 0 Å². The number of nitrogens with one attached hydrogen (secondary N) is 1. The van der Waals surface area contributed by atoms with E-state index in [1.54, 1.807) is 0 Å². The quantitative estimate of drug-likeness (QED) is 0.388. The van der Waals surface area contributed by atoms with Gasteiger partial charge in [-0.25, -0.2) is 0 Å². The summed E-state index contributed by atoms with van der Waals surface area (Å²) in [5, 5.41) is 12.9. The zero-order chi connectivity index (χ0) is 17.4. The van der Waals surface area contributed by atoms with Gasteiger partial charge in [0.25, 0.3) is 5.91 Å². The number of nitrogens with two attached hydrogens (primary N) is 1. The Labute approximate surface area is 142 Å². The second-order valence-electron chi connectivity index (χ2n) is 5.74. The van der Waals surface area contributed by atoms with Gasteiger partial charge in [-0.1, -0.05) is 24.3 Å². The molecular weight excluding hydrogens is 304 g/mol. The van der Waals surface area contributed by atoms with Gasteiger partial charge in [0.2, 0.25) is 0 Å². The van der Waals surface area contributed by atoms with Crippen LogP contribution in [-0.2, 0) is 17.8 Å². The maximum absolute atomic E-state index is 12.0. The highest BCUT2D eigenvalue weighted by Gasteiger charge is 2.19. The van der Waals surface area contributed by atoms with E-state index in [-0.39, 0.29) is 12.5 Å². The molecule has 0 saturated heterocycles. The SMILES string of the molecule is C=N/C=C(\C=C/N)C(=O)NCC(O)CN1CCc2ccccc2C1. The smallest absolute Gasteiger partial charge is 0.252 e. The van der Waals surface area contributed by atoms with Gasteiger partial charge in [-0.3, -0.25) is 14.7 Å². The number of carbonyl (C=O) groups is 1. The van der Waals surface area contributed by atoms with Crippen LogP contribution in [0.2, 0.25) is 0 Å². The lowest BCUT2D eigenvalue weighted by atomic mass is 10.00. The molecule has 1 aliphatic rings. The van der Waals surface area contributed by atoms with Gasteiger partial charge in [0.15, 0.2) is 0 Å². The summed E-state index contributed by atoms with van der Waals surface area (Å²) in [7, 11) is 0. The number of nitrogens with zero attached hydrogens (tertiary/aromatic N) is 2. The first-order chi connectivity index (χ1) is 11.6. The third-order valence-electron chi connectivity index (χ3n) is 3.95. The van der Waals surface area contributed by atoms with Crippen LogP contribution in [0.3, 0.4) is 0 Å². The van der Waals surface area contributed by atoms with Gasteiger partial charge in [-0.05, 0) is 36.5 Å².